The Kier molecular flexibility index (Phi) is 8.41. The lowest BCUT2D eigenvalue weighted by atomic mass is 9.94. The van der Waals surface area contributed by atoms with Crippen LogP contribution in [0.2, 0.25) is 5.02 Å². The molecule has 148 valence electrons. The molecule has 1 aromatic heterocycles. The Balaban J connectivity index is 0.00000261. The van der Waals surface area contributed by atoms with Crippen LogP contribution in [0.3, 0.4) is 0 Å². The highest BCUT2D eigenvalue weighted by atomic mass is 127. The highest BCUT2D eigenvalue weighted by Gasteiger charge is 2.22. The molecule has 0 spiro atoms. The quantitative estimate of drug-likeness (QED) is 0.370. The Bertz CT molecular complexity index is 754. The molecule has 2 aromatic rings. The van der Waals surface area contributed by atoms with Crippen LogP contribution in [0.15, 0.2) is 35.5 Å². The molecule has 1 unspecified atom stereocenters. The standard InChI is InChI=1S/C20H28ClN5.HI/c1-14(2)26-13-16-6-9-18(12-19(16)25-26)24-20(22-3)23-11-10-15-4-7-17(21)8-5-15;/h4-5,7-8,13-14,18H,6,9-12H2,1-3H3,(H2,22,23,24);1H. The van der Waals surface area contributed by atoms with E-state index in [0.29, 0.717) is 12.1 Å². The third-order valence-corrected chi connectivity index (χ3v) is 5.06. The highest BCUT2D eigenvalue weighted by Crippen LogP contribution is 2.21. The number of aromatic nitrogens is 2. The van der Waals surface area contributed by atoms with E-state index >= 15 is 0 Å². The summed E-state index contributed by atoms with van der Waals surface area (Å²) in [4.78, 5) is 4.36. The van der Waals surface area contributed by atoms with Crippen LogP contribution in [0.25, 0.3) is 0 Å². The second-order valence-electron chi connectivity index (χ2n) is 7.13. The fraction of sp³-hybridized carbons (Fsp3) is 0.500. The van der Waals surface area contributed by atoms with E-state index < -0.39 is 0 Å². The molecule has 1 heterocycles. The number of fused-ring (bicyclic) bond motifs is 1. The summed E-state index contributed by atoms with van der Waals surface area (Å²) < 4.78 is 2.08. The number of hydrogen-bond acceptors (Lipinski definition) is 2. The topological polar surface area (TPSA) is 54.2 Å². The molecule has 1 aliphatic rings. The fourth-order valence-corrected chi connectivity index (χ4v) is 3.39. The molecule has 3 rings (SSSR count). The Morgan fingerprint density at radius 2 is 2.07 bits per heavy atom. The van der Waals surface area contributed by atoms with Crippen molar-refractivity contribution in [2.45, 2.75) is 51.6 Å². The monoisotopic (exact) mass is 501 g/mol. The molecule has 0 saturated carbocycles. The third kappa shape index (κ3) is 6.10. The third-order valence-electron chi connectivity index (χ3n) is 4.81. The summed E-state index contributed by atoms with van der Waals surface area (Å²) in [5.41, 5.74) is 3.88. The molecule has 1 aliphatic carbocycles. The smallest absolute Gasteiger partial charge is 0.191 e. The van der Waals surface area contributed by atoms with Crippen LogP contribution in [0, 0.1) is 0 Å². The molecule has 0 bridgehead atoms. The minimum atomic E-state index is 0. The molecule has 0 amide bonds. The summed E-state index contributed by atoms with van der Waals surface area (Å²) in [6.45, 7) is 5.17. The van der Waals surface area contributed by atoms with E-state index in [9.17, 15) is 0 Å². The van der Waals surface area contributed by atoms with Crippen molar-refractivity contribution in [1.82, 2.24) is 20.4 Å². The van der Waals surface area contributed by atoms with E-state index in [1.54, 1.807) is 0 Å². The molecule has 27 heavy (non-hydrogen) atoms. The lowest BCUT2D eigenvalue weighted by Gasteiger charge is -2.24. The van der Waals surface area contributed by atoms with Crippen molar-refractivity contribution in [3.05, 3.63) is 52.3 Å². The molecule has 0 radical (unpaired) electrons. The number of nitrogens with zero attached hydrogens (tertiary/aromatic N) is 3. The number of halogens is 2. The zero-order chi connectivity index (χ0) is 18.5. The van der Waals surface area contributed by atoms with Crippen molar-refractivity contribution < 1.29 is 0 Å². The summed E-state index contributed by atoms with van der Waals surface area (Å²) in [7, 11) is 1.82. The van der Waals surface area contributed by atoms with Gasteiger partial charge in [0, 0.05) is 43.3 Å². The van der Waals surface area contributed by atoms with Gasteiger partial charge in [0.15, 0.2) is 5.96 Å². The van der Waals surface area contributed by atoms with Crippen LogP contribution in [-0.2, 0) is 19.3 Å². The summed E-state index contributed by atoms with van der Waals surface area (Å²) in [5.74, 6) is 0.857. The first kappa shape index (κ1) is 22.0. The Hall–Kier alpha value is -1.28. The zero-order valence-corrected chi connectivity index (χ0v) is 19.3. The lowest BCUT2D eigenvalue weighted by Crippen LogP contribution is -2.46. The lowest BCUT2D eigenvalue weighted by molar-refractivity contribution is 0.499. The summed E-state index contributed by atoms with van der Waals surface area (Å²) in [6, 6.07) is 8.77. The van der Waals surface area contributed by atoms with Gasteiger partial charge in [-0.25, -0.2) is 0 Å². The molecular formula is C20H29ClIN5. The normalized spacial score (nSPS) is 16.6. The van der Waals surface area contributed by atoms with E-state index in [1.807, 2.05) is 19.2 Å². The predicted molar refractivity (Wildman–Crippen MR) is 123 cm³/mol. The number of hydrogen-bond donors (Lipinski definition) is 2. The van der Waals surface area contributed by atoms with E-state index in [0.717, 1.165) is 43.2 Å². The van der Waals surface area contributed by atoms with Crippen molar-refractivity contribution in [2.75, 3.05) is 13.6 Å². The van der Waals surface area contributed by atoms with Gasteiger partial charge in [-0.15, -0.1) is 24.0 Å². The SMILES string of the molecule is CN=C(NCCc1ccc(Cl)cc1)NC1CCc2cn(C(C)C)nc2C1.I. The number of rotatable bonds is 5. The van der Waals surface area contributed by atoms with Gasteiger partial charge in [-0.3, -0.25) is 9.67 Å². The molecule has 7 heteroatoms. The molecule has 1 aromatic carbocycles. The Morgan fingerprint density at radius 1 is 1.33 bits per heavy atom. The molecule has 2 N–H and O–H groups in total. The maximum absolute atomic E-state index is 5.93. The van der Waals surface area contributed by atoms with Gasteiger partial charge in [-0.1, -0.05) is 23.7 Å². The van der Waals surface area contributed by atoms with Gasteiger partial charge < -0.3 is 10.6 Å². The number of guanidine groups is 1. The number of nitrogens with one attached hydrogen (secondary N) is 2. The van der Waals surface area contributed by atoms with E-state index in [1.165, 1.54) is 16.8 Å². The van der Waals surface area contributed by atoms with Gasteiger partial charge in [-0.05, 0) is 56.4 Å². The molecule has 0 saturated heterocycles. The highest BCUT2D eigenvalue weighted by molar-refractivity contribution is 14.0. The average Bonchev–Trinajstić information content (AvgIpc) is 3.06. The minimum absolute atomic E-state index is 0. The van der Waals surface area contributed by atoms with E-state index in [2.05, 4.69) is 52.5 Å². The van der Waals surface area contributed by atoms with Gasteiger partial charge in [-0.2, -0.15) is 5.10 Å². The van der Waals surface area contributed by atoms with Crippen LogP contribution in [0.1, 0.15) is 43.1 Å². The maximum atomic E-state index is 5.93. The second kappa shape index (κ2) is 10.3. The van der Waals surface area contributed by atoms with E-state index in [4.69, 9.17) is 16.7 Å². The summed E-state index contributed by atoms with van der Waals surface area (Å²) in [5, 5.41) is 12.5. The van der Waals surface area contributed by atoms with Crippen molar-refractivity contribution in [3.63, 3.8) is 0 Å². The summed E-state index contributed by atoms with van der Waals surface area (Å²) >= 11 is 5.93. The van der Waals surface area contributed by atoms with Crippen molar-refractivity contribution in [3.8, 4) is 0 Å². The molecular weight excluding hydrogens is 473 g/mol. The van der Waals surface area contributed by atoms with E-state index in [-0.39, 0.29) is 24.0 Å². The van der Waals surface area contributed by atoms with Crippen molar-refractivity contribution in [2.24, 2.45) is 4.99 Å². The minimum Gasteiger partial charge on any atom is -0.356 e. The Labute approximate surface area is 184 Å². The van der Waals surface area contributed by atoms with Gasteiger partial charge in [0.1, 0.15) is 0 Å². The predicted octanol–water partition coefficient (Wildman–Crippen LogP) is 4.00. The average molecular weight is 502 g/mol. The number of aryl methyl sites for hydroxylation is 1. The Morgan fingerprint density at radius 3 is 2.74 bits per heavy atom. The van der Waals surface area contributed by atoms with Gasteiger partial charge in [0.2, 0.25) is 0 Å². The molecule has 1 atom stereocenters. The van der Waals surface area contributed by atoms with Crippen LogP contribution in [-0.4, -0.2) is 35.4 Å². The van der Waals surface area contributed by atoms with Crippen LogP contribution < -0.4 is 10.6 Å². The number of benzene rings is 1. The van der Waals surface area contributed by atoms with Crippen LogP contribution in [0.4, 0.5) is 0 Å². The van der Waals surface area contributed by atoms with Gasteiger partial charge in [0.25, 0.3) is 0 Å². The maximum Gasteiger partial charge on any atom is 0.191 e. The first-order valence-corrected chi connectivity index (χ1v) is 9.71. The summed E-state index contributed by atoms with van der Waals surface area (Å²) in [6.07, 6.45) is 6.27. The fourth-order valence-electron chi connectivity index (χ4n) is 3.26. The number of aliphatic imine (C=N–C) groups is 1. The van der Waals surface area contributed by atoms with Crippen LogP contribution in [0.5, 0.6) is 0 Å². The molecule has 5 nitrogen and oxygen atoms in total. The first-order chi connectivity index (χ1) is 12.5. The molecule has 0 fully saturated rings. The first-order valence-electron chi connectivity index (χ1n) is 9.33. The van der Waals surface area contributed by atoms with Gasteiger partial charge in [0.05, 0.1) is 5.69 Å². The van der Waals surface area contributed by atoms with Crippen LogP contribution >= 0.6 is 35.6 Å². The van der Waals surface area contributed by atoms with Crippen molar-refractivity contribution >= 4 is 41.5 Å². The van der Waals surface area contributed by atoms with Crippen molar-refractivity contribution in [1.29, 1.82) is 0 Å². The second-order valence-corrected chi connectivity index (χ2v) is 7.57. The zero-order valence-electron chi connectivity index (χ0n) is 16.2. The largest absolute Gasteiger partial charge is 0.356 e. The molecule has 0 aliphatic heterocycles. The van der Waals surface area contributed by atoms with Gasteiger partial charge >= 0.3 is 0 Å².